The largest absolute Gasteiger partial charge is 0.464 e. The summed E-state index contributed by atoms with van der Waals surface area (Å²) in [7, 11) is 0. The van der Waals surface area contributed by atoms with Crippen molar-refractivity contribution in [2.45, 2.75) is 19.9 Å². The number of nitrogens with zero attached hydrogens (tertiary/aromatic N) is 1. The van der Waals surface area contributed by atoms with Gasteiger partial charge in [-0.25, -0.2) is 9.59 Å². The number of ether oxygens (including phenoxy) is 2. The van der Waals surface area contributed by atoms with Crippen molar-refractivity contribution in [3.05, 3.63) is 42.2 Å². The van der Waals surface area contributed by atoms with Gasteiger partial charge >= 0.3 is 11.9 Å². The van der Waals surface area contributed by atoms with E-state index in [-0.39, 0.29) is 18.9 Å². The fraction of sp³-hybridized carbons (Fsp3) is 0.294. The molecule has 2 aromatic rings. The second-order valence-corrected chi connectivity index (χ2v) is 4.79. The topological polar surface area (TPSA) is 94.6 Å². The third-order valence-corrected chi connectivity index (χ3v) is 3.21. The highest BCUT2D eigenvalue weighted by atomic mass is 16.6. The van der Waals surface area contributed by atoms with Gasteiger partial charge in [-0.15, -0.1) is 0 Å². The van der Waals surface area contributed by atoms with Gasteiger partial charge in [0.15, 0.2) is 0 Å². The van der Waals surface area contributed by atoms with Crippen LogP contribution >= 0.6 is 0 Å². The number of esters is 2. The summed E-state index contributed by atoms with van der Waals surface area (Å²) in [5.74, 6) is -2.40. The summed E-state index contributed by atoms with van der Waals surface area (Å²) >= 11 is 0. The SMILES string of the molecule is CCOC(=O)C(NC(=O)c1nccc2ccccc12)C(=O)OCC. The highest BCUT2D eigenvalue weighted by Crippen LogP contribution is 2.16. The lowest BCUT2D eigenvalue weighted by atomic mass is 10.1. The Hall–Kier alpha value is -2.96. The van der Waals surface area contributed by atoms with Gasteiger partial charge in [0.25, 0.3) is 5.91 Å². The maximum atomic E-state index is 12.5. The van der Waals surface area contributed by atoms with Crippen molar-refractivity contribution in [3.63, 3.8) is 0 Å². The molecule has 2 rings (SSSR count). The van der Waals surface area contributed by atoms with E-state index in [4.69, 9.17) is 9.47 Å². The summed E-state index contributed by atoms with van der Waals surface area (Å²) in [6.45, 7) is 3.37. The third kappa shape index (κ3) is 3.87. The van der Waals surface area contributed by atoms with Crippen molar-refractivity contribution >= 4 is 28.6 Å². The Balaban J connectivity index is 2.29. The van der Waals surface area contributed by atoms with Gasteiger partial charge in [0, 0.05) is 11.6 Å². The van der Waals surface area contributed by atoms with Crippen LogP contribution in [-0.2, 0) is 19.1 Å². The Morgan fingerprint density at radius 3 is 2.29 bits per heavy atom. The van der Waals surface area contributed by atoms with Crippen molar-refractivity contribution in [1.82, 2.24) is 10.3 Å². The van der Waals surface area contributed by atoms with Gasteiger partial charge in [-0.05, 0) is 25.3 Å². The van der Waals surface area contributed by atoms with E-state index in [1.165, 1.54) is 6.20 Å². The van der Waals surface area contributed by atoms with E-state index in [0.29, 0.717) is 5.39 Å². The van der Waals surface area contributed by atoms with Crippen LogP contribution in [0.5, 0.6) is 0 Å². The van der Waals surface area contributed by atoms with Gasteiger partial charge in [0.1, 0.15) is 5.69 Å². The predicted octanol–water partition coefficient (Wildman–Crippen LogP) is 1.46. The van der Waals surface area contributed by atoms with Crippen molar-refractivity contribution < 1.29 is 23.9 Å². The van der Waals surface area contributed by atoms with Crippen LogP contribution < -0.4 is 5.32 Å². The van der Waals surface area contributed by atoms with Crippen LogP contribution in [0.1, 0.15) is 24.3 Å². The van der Waals surface area contributed by atoms with Crippen molar-refractivity contribution in [1.29, 1.82) is 0 Å². The molecule has 0 unspecified atom stereocenters. The van der Waals surface area contributed by atoms with E-state index < -0.39 is 23.9 Å². The summed E-state index contributed by atoms with van der Waals surface area (Å²) in [6.07, 6.45) is 1.49. The Labute approximate surface area is 139 Å². The number of rotatable bonds is 6. The van der Waals surface area contributed by atoms with Crippen LogP contribution in [0.15, 0.2) is 36.5 Å². The average molecular weight is 330 g/mol. The average Bonchev–Trinajstić information content (AvgIpc) is 2.59. The monoisotopic (exact) mass is 330 g/mol. The predicted molar refractivity (Wildman–Crippen MR) is 86.3 cm³/mol. The molecule has 0 saturated heterocycles. The number of aromatic nitrogens is 1. The van der Waals surface area contributed by atoms with Crippen LogP contribution in [-0.4, -0.2) is 42.1 Å². The Morgan fingerprint density at radius 1 is 1.04 bits per heavy atom. The van der Waals surface area contributed by atoms with Crippen LogP contribution in [0.4, 0.5) is 0 Å². The molecule has 1 heterocycles. The smallest absolute Gasteiger partial charge is 0.340 e. The van der Waals surface area contributed by atoms with Crippen LogP contribution in [0.3, 0.4) is 0 Å². The lowest BCUT2D eigenvalue weighted by Crippen LogP contribution is -2.48. The molecule has 0 spiro atoms. The molecule has 7 heteroatoms. The Kier molecular flexibility index (Phi) is 5.83. The van der Waals surface area contributed by atoms with E-state index >= 15 is 0 Å². The maximum absolute atomic E-state index is 12.5. The normalized spacial score (nSPS) is 10.5. The van der Waals surface area contributed by atoms with Crippen molar-refractivity contribution in [2.24, 2.45) is 0 Å². The number of benzene rings is 1. The first kappa shape index (κ1) is 17.4. The van der Waals surface area contributed by atoms with Gasteiger partial charge in [-0.2, -0.15) is 0 Å². The molecule has 0 aliphatic carbocycles. The number of amides is 1. The summed E-state index contributed by atoms with van der Waals surface area (Å²) in [4.78, 5) is 40.4. The van der Waals surface area contributed by atoms with Crippen molar-refractivity contribution in [2.75, 3.05) is 13.2 Å². The number of hydrogen-bond acceptors (Lipinski definition) is 6. The second kappa shape index (κ2) is 8.05. The standard InChI is InChI=1S/C17H18N2O5/c1-3-23-16(21)14(17(22)24-4-2)19-15(20)13-12-8-6-5-7-11(12)9-10-18-13/h5-10,14H,3-4H2,1-2H3,(H,19,20). The summed E-state index contributed by atoms with van der Waals surface area (Å²) in [6, 6.07) is 7.42. The molecule has 0 saturated carbocycles. The van der Waals surface area contributed by atoms with Crippen LogP contribution in [0.2, 0.25) is 0 Å². The zero-order valence-corrected chi connectivity index (χ0v) is 13.4. The summed E-state index contributed by atoms with van der Waals surface area (Å²) in [5, 5.41) is 3.78. The molecule has 1 aromatic heterocycles. The molecule has 24 heavy (non-hydrogen) atoms. The molecule has 7 nitrogen and oxygen atoms in total. The minimum absolute atomic E-state index is 0.0805. The quantitative estimate of drug-likeness (QED) is 0.636. The first-order valence-corrected chi connectivity index (χ1v) is 7.56. The highest BCUT2D eigenvalue weighted by molar-refractivity contribution is 6.09. The fourth-order valence-corrected chi connectivity index (χ4v) is 2.17. The number of carbonyl (C=O) groups is 3. The first-order chi connectivity index (χ1) is 11.6. The molecular formula is C17H18N2O5. The van der Waals surface area contributed by atoms with Gasteiger partial charge in [-0.1, -0.05) is 24.3 Å². The van der Waals surface area contributed by atoms with E-state index in [2.05, 4.69) is 10.3 Å². The van der Waals surface area contributed by atoms with E-state index in [0.717, 1.165) is 5.39 Å². The number of hydrogen-bond donors (Lipinski definition) is 1. The Morgan fingerprint density at radius 2 is 1.67 bits per heavy atom. The second-order valence-electron chi connectivity index (χ2n) is 4.79. The molecule has 0 aliphatic heterocycles. The third-order valence-electron chi connectivity index (χ3n) is 3.21. The first-order valence-electron chi connectivity index (χ1n) is 7.56. The minimum atomic E-state index is -1.53. The van der Waals surface area contributed by atoms with E-state index in [1.54, 1.807) is 32.0 Å². The molecule has 0 radical (unpaired) electrons. The number of pyridine rings is 1. The van der Waals surface area contributed by atoms with Crippen LogP contribution in [0, 0.1) is 0 Å². The molecule has 0 atom stereocenters. The molecule has 126 valence electrons. The van der Waals surface area contributed by atoms with E-state index in [9.17, 15) is 14.4 Å². The zero-order chi connectivity index (χ0) is 17.5. The molecule has 1 amide bonds. The number of nitrogens with one attached hydrogen (secondary N) is 1. The minimum Gasteiger partial charge on any atom is -0.464 e. The van der Waals surface area contributed by atoms with Crippen molar-refractivity contribution in [3.8, 4) is 0 Å². The maximum Gasteiger partial charge on any atom is 0.340 e. The molecule has 1 aromatic carbocycles. The van der Waals surface area contributed by atoms with Gasteiger partial charge in [0.2, 0.25) is 6.04 Å². The van der Waals surface area contributed by atoms with Gasteiger partial charge in [0.05, 0.1) is 13.2 Å². The van der Waals surface area contributed by atoms with E-state index in [1.807, 2.05) is 12.1 Å². The fourth-order valence-electron chi connectivity index (χ4n) is 2.17. The molecule has 1 N–H and O–H groups in total. The molecule has 0 bridgehead atoms. The molecular weight excluding hydrogens is 312 g/mol. The number of carbonyl (C=O) groups excluding carboxylic acids is 3. The lowest BCUT2D eigenvalue weighted by molar-refractivity contribution is -0.157. The summed E-state index contributed by atoms with van der Waals surface area (Å²) < 4.78 is 9.64. The molecule has 0 aliphatic rings. The Bertz CT molecular complexity index is 736. The summed E-state index contributed by atoms with van der Waals surface area (Å²) in [5.41, 5.74) is 0.117. The lowest BCUT2D eigenvalue weighted by Gasteiger charge is -2.16. The highest BCUT2D eigenvalue weighted by Gasteiger charge is 2.32. The molecule has 0 fully saturated rings. The zero-order valence-electron chi connectivity index (χ0n) is 13.4. The van der Waals surface area contributed by atoms with Gasteiger partial charge in [-0.3, -0.25) is 9.78 Å². The number of fused-ring (bicyclic) bond motifs is 1. The van der Waals surface area contributed by atoms with Crippen LogP contribution in [0.25, 0.3) is 10.8 Å². The van der Waals surface area contributed by atoms with Gasteiger partial charge < -0.3 is 14.8 Å².